The van der Waals surface area contributed by atoms with E-state index in [1.165, 1.54) is 27.7 Å². The number of hydrogen-bond donors (Lipinski definition) is 2. The van der Waals surface area contributed by atoms with Gasteiger partial charge in [-0.2, -0.15) is 13.2 Å². The Morgan fingerprint density at radius 2 is 1.58 bits per heavy atom. The minimum absolute atomic E-state index is 0.187. The van der Waals surface area contributed by atoms with Gasteiger partial charge in [0.15, 0.2) is 0 Å². The molecule has 0 amide bonds. The molecule has 1 aliphatic heterocycles. The maximum absolute atomic E-state index is 12.2. The van der Waals surface area contributed by atoms with Gasteiger partial charge >= 0.3 is 13.3 Å². The molecule has 9 heteroatoms. The Balaban J connectivity index is 0.000000205. The average molecular weight is 522 g/mol. The molecule has 4 nitrogen and oxygen atoms in total. The van der Waals surface area contributed by atoms with Gasteiger partial charge in [0, 0.05) is 24.1 Å². The smallest absolute Gasteiger partial charge is 0.423 e. The second kappa shape index (κ2) is 11.8. The van der Waals surface area contributed by atoms with E-state index < -0.39 is 24.3 Å². The monoisotopic (exact) mass is 521 g/mol. The second-order valence-electron chi connectivity index (χ2n) is 7.56. The number of halogens is 4. The fourth-order valence-corrected chi connectivity index (χ4v) is 3.97. The van der Waals surface area contributed by atoms with Crippen LogP contribution in [0.5, 0.6) is 0 Å². The summed E-state index contributed by atoms with van der Waals surface area (Å²) in [4.78, 5) is 2.46. The van der Waals surface area contributed by atoms with E-state index in [-0.39, 0.29) is 6.10 Å². The Hall–Kier alpha value is -2.17. The Morgan fingerprint density at radius 1 is 0.939 bits per heavy atom. The minimum Gasteiger partial charge on any atom is -0.423 e. The molecule has 33 heavy (non-hydrogen) atoms. The first-order chi connectivity index (χ1) is 15.8. The maximum Gasteiger partial charge on any atom is 0.489 e. The van der Waals surface area contributed by atoms with Crippen molar-refractivity contribution in [2.45, 2.75) is 18.8 Å². The van der Waals surface area contributed by atoms with Crippen LogP contribution in [0, 0.1) is 0 Å². The topological polar surface area (TPSA) is 52.9 Å². The second-order valence-corrected chi connectivity index (χ2v) is 8.41. The predicted molar refractivity (Wildman–Crippen MR) is 126 cm³/mol. The lowest BCUT2D eigenvalue weighted by Gasteiger charge is -2.33. The molecule has 0 aromatic heterocycles. The zero-order chi connectivity index (χ0) is 23.8. The number of benzene rings is 3. The van der Waals surface area contributed by atoms with Gasteiger partial charge in [0.2, 0.25) is 0 Å². The highest BCUT2D eigenvalue weighted by molar-refractivity contribution is 9.10. The molecule has 174 valence electrons. The summed E-state index contributed by atoms with van der Waals surface area (Å²) in [6.07, 6.45) is -4.37. The van der Waals surface area contributed by atoms with Crippen LogP contribution in [0.1, 0.15) is 22.8 Å². The lowest BCUT2D eigenvalue weighted by Crippen LogP contribution is -2.37. The molecule has 1 saturated heterocycles. The molecular formula is C24H24BBrF3NO3. The summed E-state index contributed by atoms with van der Waals surface area (Å²) in [5.74, 6) is 0. The third-order valence-electron chi connectivity index (χ3n) is 5.22. The normalized spacial score (nSPS) is 16.6. The van der Waals surface area contributed by atoms with Gasteiger partial charge in [-0.25, -0.2) is 0 Å². The summed E-state index contributed by atoms with van der Waals surface area (Å²) in [7, 11) is -2.10. The molecule has 0 bridgehead atoms. The number of alkyl halides is 3. The van der Waals surface area contributed by atoms with Crippen LogP contribution in [0.4, 0.5) is 13.2 Å². The van der Waals surface area contributed by atoms with Crippen LogP contribution in [0.3, 0.4) is 0 Å². The van der Waals surface area contributed by atoms with Crippen LogP contribution >= 0.6 is 15.9 Å². The standard InChI is InChI=1S/C17H18BrNO.C7H6BF3O2/c18-16-9-5-4-8-15(16)12-19-10-11-20-17(13-19)14-6-2-1-3-7-14;9-7(10,11)5-3-1-2-4-6(5)8(12)13/h1-9,17H,10-13H2;1-4,12-13H. The van der Waals surface area contributed by atoms with Crippen LogP contribution in [0.2, 0.25) is 0 Å². The Morgan fingerprint density at radius 3 is 2.21 bits per heavy atom. The summed E-state index contributed by atoms with van der Waals surface area (Å²) >= 11 is 3.63. The fourth-order valence-electron chi connectivity index (χ4n) is 3.56. The zero-order valence-electron chi connectivity index (χ0n) is 17.8. The number of rotatable bonds is 4. The predicted octanol–water partition coefficient (Wildman–Crippen LogP) is 4.41. The van der Waals surface area contributed by atoms with E-state index in [0.29, 0.717) is 0 Å². The van der Waals surface area contributed by atoms with Gasteiger partial charge in [-0.15, -0.1) is 0 Å². The quantitative estimate of drug-likeness (QED) is 0.499. The van der Waals surface area contributed by atoms with Crippen molar-refractivity contribution in [1.29, 1.82) is 0 Å². The molecule has 1 heterocycles. The first-order valence-corrected chi connectivity index (χ1v) is 11.2. The third kappa shape index (κ3) is 7.41. The van der Waals surface area contributed by atoms with Crippen LogP contribution < -0.4 is 5.46 Å². The molecule has 0 radical (unpaired) electrons. The summed E-state index contributed by atoms with van der Waals surface area (Å²) in [6, 6.07) is 23.2. The van der Waals surface area contributed by atoms with E-state index in [2.05, 4.69) is 69.4 Å². The van der Waals surface area contributed by atoms with Gasteiger partial charge in [-0.3, -0.25) is 4.90 Å². The number of hydrogen-bond acceptors (Lipinski definition) is 4. The highest BCUT2D eigenvalue weighted by atomic mass is 79.9. The highest BCUT2D eigenvalue weighted by Crippen LogP contribution is 2.28. The van der Waals surface area contributed by atoms with Crippen LogP contribution in [0.15, 0.2) is 83.3 Å². The van der Waals surface area contributed by atoms with Crippen LogP contribution in [0.25, 0.3) is 0 Å². The van der Waals surface area contributed by atoms with Gasteiger partial charge in [-0.1, -0.05) is 88.7 Å². The molecule has 0 spiro atoms. The third-order valence-corrected chi connectivity index (χ3v) is 5.99. The van der Waals surface area contributed by atoms with Gasteiger partial charge in [0.1, 0.15) is 0 Å². The molecule has 3 aromatic rings. The van der Waals surface area contributed by atoms with Gasteiger partial charge in [-0.05, 0) is 22.7 Å². The van der Waals surface area contributed by atoms with E-state index in [9.17, 15) is 13.2 Å². The average Bonchev–Trinajstić information content (AvgIpc) is 2.81. The Labute approximate surface area is 199 Å². The largest absolute Gasteiger partial charge is 0.489 e. The lowest BCUT2D eigenvalue weighted by molar-refractivity contribution is -0.136. The van der Waals surface area contributed by atoms with Crippen molar-refractivity contribution in [1.82, 2.24) is 4.90 Å². The summed E-state index contributed by atoms with van der Waals surface area (Å²) in [5.41, 5.74) is 1.05. The van der Waals surface area contributed by atoms with Gasteiger partial charge < -0.3 is 14.8 Å². The molecule has 4 rings (SSSR count). The van der Waals surface area contributed by atoms with Crippen molar-refractivity contribution in [2.75, 3.05) is 19.7 Å². The first kappa shape index (κ1) is 25.5. The molecule has 1 fully saturated rings. The summed E-state index contributed by atoms with van der Waals surface area (Å²) in [5, 5.41) is 17.2. The van der Waals surface area contributed by atoms with Crippen LogP contribution in [-0.4, -0.2) is 41.8 Å². The summed E-state index contributed by atoms with van der Waals surface area (Å²) < 4.78 is 43.7. The van der Waals surface area contributed by atoms with E-state index in [1.807, 2.05) is 6.07 Å². The van der Waals surface area contributed by atoms with Crippen molar-refractivity contribution >= 4 is 28.5 Å². The molecule has 0 saturated carbocycles. The number of morpholine rings is 1. The van der Waals surface area contributed by atoms with E-state index >= 15 is 0 Å². The zero-order valence-corrected chi connectivity index (χ0v) is 19.3. The molecule has 1 aliphatic rings. The molecule has 0 aliphatic carbocycles. The summed E-state index contributed by atoms with van der Waals surface area (Å²) in [6.45, 7) is 3.70. The number of nitrogens with zero attached hydrogens (tertiary/aromatic N) is 1. The van der Waals surface area contributed by atoms with Crippen molar-refractivity contribution in [3.05, 3.63) is 100 Å². The van der Waals surface area contributed by atoms with Crippen LogP contribution in [-0.2, 0) is 17.5 Å². The maximum atomic E-state index is 12.2. The molecular weight excluding hydrogens is 498 g/mol. The Kier molecular flexibility index (Phi) is 9.11. The molecule has 1 unspecified atom stereocenters. The Bertz CT molecular complexity index is 1020. The van der Waals surface area contributed by atoms with Crippen molar-refractivity contribution in [3.8, 4) is 0 Å². The first-order valence-electron chi connectivity index (χ1n) is 10.4. The van der Waals surface area contributed by atoms with E-state index in [0.717, 1.165) is 38.4 Å². The van der Waals surface area contributed by atoms with Crippen molar-refractivity contribution in [2.24, 2.45) is 0 Å². The molecule has 3 aromatic carbocycles. The van der Waals surface area contributed by atoms with Crippen molar-refractivity contribution < 1.29 is 28.0 Å². The minimum atomic E-state index is -4.56. The molecule has 2 N–H and O–H groups in total. The molecule has 1 atom stereocenters. The van der Waals surface area contributed by atoms with E-state index in [1.54, 1.807) is 0 Å². The lowest BCUT2D eigenvalue weighted by atomic mass is 9.77. The SMILES string of the molecule is Brc1ccccc1CN1CCOC(c2ccccc2)C1.OB(O)c1ccccc1C(F)(F)F. The number of ether oxygens (including phenoxy) is 1. The van der Waals surface area contributed by atoms with E-state index in [4.69, 9.17) is 14.8 Å². The highest BCUT2D eigenvalue weighted by Gasteiger charge is 2.35. The van der Waals surface area contributed by atoms with Crippen molar-refractivity contribution in [3.63, 3.8) is 0 Å². The van der Waals surface area contributed by atoms with Gasteiger partial charge in [0.05, 0.1) is 18.3 Å². The fraction of sp³-hybridized carbons (Fsp3) is 0.250. The van der Waals surface area contributed by atoms with Gasteiger partial charge in [0.25, 0.3) is 0 Å².